The Hall–Kier alpha value is 1.26. The van der Waals surface area contributed by atoms with Gasteiger partial charge in [0.05, 0.1) is 11.0 Å². The van der Waals surface area contributed by atoms with Crippen LogP contribution >= 0.6 is 68.3 Å². The van der Waals surface area contributed by atoms with Crippen molar-refractivity contribution in [2.24, 2.45) is 9.63 Å². The van der Waals surface area contributed by atoms with Gasteiger partial charge >= 0.3 is 0 Å². The van der Waals surface area contributed by atoms with E-state index in [-0.39, 0.29) is 0 Å². The molecule has 0 saturated heterocycles. The van der Waals surface area contributed by atoms with Crippen molar-refractivity contribution in [3.63, 3.8) is 0 Å². The number of hydrogen-bond acceptors (Lipinski definition) is 5. The van der Waals surface area contributed by atoms with E-state index >= 15 is 0 Å². The molecule has 2 nitrogen and oxygen atoms in total. The normalized spacial score (nSPS) is 18.3. The third kappa shape index (κ3) is 4.75. The lowest BCUT2D eigenvalue weighted by atomic mass is 11.1. The van der Waals surface area contributed by atoms with E-state index in [2.05, 4.69) is 9.63 Å². The minimum absolute atomic E-state index is 0.619. The van der Waals surface area contributed by atoms with E-state index in [9.17, 15) is 0 Å². The molecule has 62 valence electrons. The fraction of sp³-hybridized carbons (Fsp3) is 0.333. The number of nitrogens with zero attached hydrogens (tertiary/aromatic N) is 2. The molecule has 1 aliphatic heterocycles. The van der Waals surface area contributed by atoms with Gasteiger partial charge in [-0.3, -0.25) is 0 Å². The van der Waals surface area contributed by atoms with Gasteiger partial charge in [-0.15, -0.1) is 9.63 Å². The zero-order chi connectivity index (χ0) is 8.32. The van der Waals surface area contributed by atoms with Crippen LogP contribution in [0.2, 0.25) is 0 Å². The Morgan fingerprint density at radius 1 is 1.45 bits per heavy atom. The van der Waals surface area contributed by atoms with Crippen molar-refractivity contribution in [1.29, 1.82) is 0 Å². The molecular formula is C3HCl3N2S3. The van der Waals surface area contributed by atoms with Crippen LogP contribution in [0, 0.1) is 0 Å². The maximum absolute atomic E-state index is 5.50. The molecule has 0 fully saturated rings. The molecule has 1 heterocycles. The van der Waals surface area contributed by atoms with Crippen molar-refractivity contribution in [2.45, 2.75) is 3.12 Å². The first-order chi connectivity index (χ1) is 5.08. The Bertz CT molecular complexity index is 198. The van der Waals surface area contributed by atoms with Crippen LogP contribution in [0.25, 0.3) is 0 Å². The summed E-state index contributed by atoms with van der Waals surface area (Å²) in [5.41, 5.74) is 0. The highest BCUT2D eigenvalue weighted by molar-refractivity contribution is 8.77. The molecule has 0 radical (unpaired) electrons. The van der Waals surface area contributed by atoms with Gasteiger partial charge in [0, 0.05) is 5.41 Å². The third-order valence-corrected chi connectivity index (χ3v) is 3.37. The second-order valence-corrected chi connectivity index (χ2v) is 7.31. The van der Waals surface area contributed by atoms with Crippen LogP contribution in [0.1, 0.15) is 0 Å². The summed E-state index contributed by atoms with van der Waals surface area (Å²) in [6, 6.07) is 0. The molecule has 8 heteroatoms. The number of rotatable bonds is 1. The average Bonchev–Trinajstić information content (AvgIpc) is 1.85. The van der Waals surface area contributed by atoms with Crippen molar-refractivity contribution in [3.05, 3.63) is 10.4 Å². The second kappa shape index (κ2) is 4.48. The van der Waals surface area contributed by atoms with E-state index in [4.69, 9.17) is 34.8 Å². The summed E-state index contributed by atoms with van der Waals surface area (Å²) >= 11 is 17.5. The van der Waals surface area contributed by atoms with Gasteiger partial charge < -0.3 is 0 Å². The minimum Gasteiger partial charge on any atom is -0.135 e. The molecule has 0 atom stereocenters. The standard InChI is InChI=1S/C3HCl3N2S3/c4-3(5,6)10-2-1-9-11-8-7-2/h1H. The van der Waals surface area contributed by atoms with E-state index in [1.165, 1.54) is 21.8 Å². The van der Waals surface area contributed by atoms with Gasteiger partial charge in [0.25, 0.3) is 0 Å². The van der Waals surface area contributed by atoms with E-state index in [1.54, 1.807) is 5.41 Å². The quantitative estimate of drug-likeness (QED) is 0.394. The van der Waals surface area contributed by atoms with Crippen LogP contribution in [-0.2, 0) is 0 Å². The Balaban J connectivity index is 2.49. The first-order valence-corrected chi connectivity index (χ1v) is 6.39. The summed E-state index contributed by atoms with van der Waals surface area (Å²) < 4.78 is 2.33. The molecule has 0 aromatic carbocycles. The molecule has 0 aromatic rings. The number of alkyl halides is 3. The Morgan fingerprint density at radius 2 is 2.18 bits per heavy atom. The van der Waals surface area contributed by atoms with Crippen molar-refractivity contribution in [1.82, 2.24) is 0 Å². The third-order valence-electron chi connectivity index (χ3n) is 0.585. The number of hydrogen-bond donors (Lipinski definition) is 0. The molecule has 1 aliphatic rings. The highest BCUT2D eigenvalue weighted by Gasteiger charge is 2.23. The van der Waals surface area contributed by atoms with Crippen LogP contribution in [0.15, 0.2) is 20.1 Å². The summed E-state index contributed by atoms with van der Waals surface area (Å²) in [5.74, 6) is 0. The summed E-state index contributed by atoms with van der Waals surface area (Å²) in [4.78, 5) is 0. The zero-order valence-electron chi connectivity index (χ0n) is 4.83. The first kappa shape index (κ1) is 10.3. The van der Waals surface area contributed by atoms with Gasteiger partial charge in [0.1, 0.15) is 5.03 Å². The molecule has 1 rings (SSSR count). The Labute approximate surface area is 91.0 Å². The van der Waals surface area contributed by atoms with E-state index in [0.717, 1.165) is 11.8 Å². The molecule has 0 bridgehead atoms. The fourth-order valence-corrected chi connectivity index (χ4v) is 2.88. The van der Waals surface area contributed by atoms with Gasteiger partial charge in [-0.1, -0.05) is 34.8 Å². The second-order valence-electron chi connectivity index (χ2n) is 1.36. The SMILES string of the molecule is ClC(Cl)(Cl)SC1=CSSN=N1. The van der Waals surface area contributed by atoms with E-state index in [1.807, 2.05) is 0 Å². The highest BCUT2D eigenvalue weighted by Crippen LogP contribution is 2.46. The summed E-state index contributed by atoms with van der Waals surface area (Å²) in [6.07, 6.45) is 0. The summed E-state index contributed by atoms with van der Waals surface area (Å²) in [7, 11) is 2.72. The van der Waals surface area contributed by atoms with Crippen molar-refractivity contribution >= 4 is 68.3 Å². The Morgan fingerprint density at radius 3 is 2.64 bits per heavy atom. The summed E-state index contributed by atoms with van der Waals surface area (Å²) in [5, 5.41) is 6.15. The lowest BCUT2D eigenvalue weighted by Gasteiger charge is -2.09. The predicted octanol–water partition coefficient (Wildman–Crippen LogP) is 4.61. The van der Waals surface area contributed by atoms with Crippen LogP contribution in [0.3, 0.4) is 0 Å². The minimum atomic E-state index is -1.35. The van der Waals surface area contributed by atoms with Crippen LogP contribution in [0.4, 0.5) is 0 Å². The van der Waals surface area contributed by atoms with Crippen LogP contribution in [0.5, 0.6) is 0 Å². The maximum atomic E-state index is 5.50. The fourth-order valence-electron chi connectivity index (χ4n) is 0.325. The van der Waals surface area contributed by atoms with Crippen molar-refractivity contribution in [2.75, 3.05) is 0 Å². The molecule has 0 saturated carbocycles. The number of thioether (sulfide) groups is 1. The van der Waals surface area contributed by atoms with E-state index < -0.39 is 3.12 Å². The zero-order valence-corrected chi connectivity index (χ0v) is 9.55. The molecule has 11 heavy (non-hydrogen) atoms. The van der Waals surface area contributed by atoms with Crippen molar-refractivity contribution < 1.29 is 0 Å². The largest absolute Gasteiger partial charge is 0.243 e. The smallest absolute Gasteiger partial charge is 0.135 e. The number of halogens is 3. The molecule has 0 N–H and O–H groups in total. The maximum Gasteiger partial charge on any atom is 0.243 e. The molecule has 0 aliphatic carbocycles. The lowest BCUT2D eigenvalue weighted by molar-refractivity contribution is 1.32. The molecule has 0 aromatic heterocycles. The van der Waals surface area contributed by atoms with Crippen molar-refractivity contribution in [3.8, 4) is 0 Å². The molecule has 0 spiro atoms. The van der Waals surface area contributed by atoms with Crippen LogP contribution < -0.4 is 0 Å². The van der Waals surface area contributed by atoms with Gasteiger partial charge in [0.2, 0.25) is 3.12 Å². The van der Waals surface area contributed by atoms with Gasteiger partial charge in [-0.05, 0) is 22.6 Å². The van der Waals surface area contributed by atoms with E-state index in [0.29, 0.717) is 5.03 Å². The van der Waals surface area contributed by atoms with Gasteiger partial charge in [0.15, 0.2) is 0 Å². The predicted molar refractivity (Wildman–Crippen MR) is 56.0 cm³/mol. The summed E-state index contributed by atoms with van der Waals surface area (Å²) in [6.45, 7) is 0. The topological polar surface area (TPSA) is 24.7 Å². The monoisotopic (exact) mass is 266 g/mol. The van der Waals surface area contributed by atoms with Crippen LogP contribution in [-0.4, -0.2) is 3.12 Å². The molecule has 0 amide bonds. The Kier molecular flexibility index (Phi) is 4.21. The molecule has 0 unspecified atom stereocenters. The molecular weight excluding hydrogens is 267 g/mol. The lowest BCUT2D eigenvalue weighted by Crippen LogP contribution is -1.93. The van der Waals surface area contributed by atoms with Gasteiger partial charge in [-0.2, -0.15) is 0 Å². The van der Waals surface area contributed by atoms with Gasteiger partial charge in [-0.25, -0.2) is 0 Å². The highest BCUT2D eigenvalue weighted by atomic mass is 35.6. The average molecular weight is 268 g/mol. The first-order valence-electron chi connectivity index (χ1n) is 2.27.